The van der Waals surface area contributed by atoms with E-state index in [0.717, 1.165) is 22.5 Å². The van der Waals surface area contributed by atoms with Crippen molar-refractivity contribution in [3.63, 3.8) is 0 Å². The van der Waals surface area contributed by atoms with E-state index in [1.165, 1.54) is 59.0 Å². The number of nitroso groups, excluding NO2 is 1. The largest absolute Gasteiger partial charge is 0.493 e. The van der Waals surface area contributed by atoms with E-state index in [1.807, 2.05) is 0 Å². The zero-order valence-corrected chi connectivity index (χ0v) is 34.3. The lowest BCUT2D eigenvalue weighted by Crippen LogP contribution is -2.51. The van der Waals surface area contributed by atoms with Crippen LogP contribution < -0.4 is 23.8 Å². The Morgan fingerprint density at radius 2 is 1.56 bits per heavy atom. The normalized spacial score (nSPS) is 19.4. The molecule has 310 valence electrons. The first-order valence-electron chi connectivity index (χ1n) is 19.0. The second kappa shape index (κ2) is 18.6. The van der Waals surface area contributed by atoms with Gasteiger partial charge in [-0.05, 0) is 72.3 Å². The van der Waals surface area contributed by atoms with Crippen molar-refractivity contribution in [3.05, 3.63) is 82.9 Å². The number of amides is 3. The van der Waals surface area contributed by atoms with Gasteiger partial charge in [0.1, 0.15) is 17.3 Å². The van der Waals surface area contributed by atoms with Crippen LogP contribution >= 0.6 is 21.6 Å². The van der Waals surface area contributed by atoms with Crippen molar-refractivity contribution in [1.29, 1.82) is 0 Å². The minimum absolute atomic E-state index is 0.00408. The molecule has 3 aromatic rings. The molecule has 16 nitrogen and oxygen atoms in total. The highest BCUT2D eigenvalue weighted by Gasteiger charge is 2.46. The van der Waals surface area contributed by atoms with Gasteiger partial charge in [0.05, 0.1) is 68.2 Å². The third kappa shape index (κ3) is 9.04. The Kier molecular flexibility index (Phi) is 13.1. The van der Waals surface area contributed by atoms with Gasteiger partial charge in [-0.25, -0.2) is 14.7 Å². The first kappa shape index (κ1) is 41.6. The summed E-state index contributed by atoms with van der Waals surface area (Å²) in [7, 11) is 5.73. The second-order valence-electron chi connectivity index (χ2n) is 14.2. The summed E-state index contributed by atoms with van der Waals surface area (Å²) in [6.07, 6.45) is 3.98. The molecular formula is C41H44N6O10S2. The number of ether oxygens (including phenoxy) is 5. The van der Waals surface area contributed by atoms with Gasteiger partial charge >= 0.3 is 6.09 Å². The van der Waals surface area contributed by atoms with Gasteiger partial charge in [-0.3, -0.25) is 14.6 Å². The Hall–Kier alpha value is -5.59. The number of unbranched alkanes of at least 4 members (excludes halogenated alkanes) is 2. The molecule has 1 unspecified atom stereocenters. The predicted octanol–water partition coefficient (Wildman–Crippen LogP) is 7.10. The van der Waals surface area contributed by atoms with Crippen molar-refractivity contribution in [3.8, 4) is 23.0 Å². The standard InChI is InChI=1S/C41H44N6O10S2/c1-24-14-27-21-42-30-18-35(33(53-3)16-28(30)38(48)45(27)22-24)55-10-6-5-7-11-56-36-19-31-29(17-34(36)54-4)39(49)46-23-25(2)15-32(46)40(50)47(31)41(51)57-12-13-58-59-37-9-8-26(44-52)20-43-37/h8-9,16-21,27,32,40,50H,1-2,5-7,10-15,22-23H2,3-4H3/t27?,32-,40-/m0/s1. The van der Waals surface area contributed by atoms with Crippen molar-refractivity contribution in [1.82, 2.24) is 14.8 Å². The summed E-state index contributed by atoms with van der Waals surface area (Å²) in [5.41, 5.74) is 3.26. The van der Waals surface area contributed by atoms with E-state index in [2.05, 4.69) is 28.3 Å². The van der Waals surface area contributed by atoms with Crippen LogP contribution in [-0.4, -0.2) is 115 Å². The van der Waals surface area contributed by atoms with Gasteiger partial charge in [0.25, 0.3) is 11.8 Å². The quantitative estimate of drug-likeness (QED) is 0.0668. The lowest BCUT2D eigenvalue weighted by Gasteiger charge is -2.31. The lowest BCUT2D eigenvalue weighted by molar-refractivity contribution is 0.0493. The van der Waals surface area contributed by atoms with Crippen LogP contribution in [0.3, 0.4) is 0 Å². The van der Waals surface area contributed by atoms with E-state index in [-0.39, 0.29) is 60.3 Å². The first-order valence-corrected chi connectivity index (χ1v) is 21.3. The number of methoxy groups -OCH3 is 2. The number of nitrogens with zero attached hydrogens (tertiary/aromatic N) is 6. The van der Waals surface area contributed by atoms with Crippen LogP contribution in [0.5, 0.6) is 23.0 Å². The first-order chi connectivity index (χ1) is 28.6. The molecule has 0 saturated carbocycles. The molecule has 3 amide bonds. The Morgan fingerprint density at radius 3 is 2.25 bits per heavy atom. The molecular weight excluding hydrogens is 801 g/mol. The van der Waals surface area contributed by atoms with Crippen LogP contribution in [-0.2, 0) is 4.74 Å². The summed E-state index contributed by atoms with van der Waals surface area (Å²) in [6, 6.07) is 8.85. The smallest absolute Gasteiger partial charge is 0.416 e. The topological polar surface area (TPSA) is 182 Å². The van der Waals surface area contributed by atoms with Gasteiger partial charge in [-0.1, -0.05) is 35.1 Å². The molecule has 3 atom stereocenters. The van der Waals surface area contributed by atoms with Gasteiger partial charge in [0.15, 0.2) is 29.2 Å². The zero-order chi connectivity index (χ0) is 41.6. The molecule has 18 heteroatoms. The van der Waals surface area contributed by atoms with E-state index in [1.54, 1.807) is 35.4 Å². The zero-order valence-electron chi connectivity index (χ0n) is 32.7. The molecule has 4 aliphatic rings. The minimum Gasteiger partial charge on any atom is -0.493 e. The fourth-order valence-corrected chi connectivity index (χ4v) is 9.03. The predicted molar refractivity (Wildman–Crippen MR) is 224 cm³/mol. The van der Waals surface area contributed by atoms with E-state index in [0.29, 0.717) is 78.1 Å². The number of aliphatic hydroxyl groups excluding tert-OH is 1. The Bertz CT molecular complexity index is 2170. The summed E-state index contributed by atoms with van der Waals surface area (Å²) in [5.74, 6) is 1.42. The fourth-order valence-electron chi connectivity index (χ4n) is 7.35. The number of rotatable bonds is 16. The highest BCUT2D eigenvalue weighted by atomic mass is 33.1. The molecule has 1 N–H and O–H groups in total. The molecule has 1 aromatic heterocycles. The summed E-state index contributed by atoms with van der Waals surface area (Å²) in [5, 5.41) is 15.1. The average Bonchev–Trinajstić information content (AvgIpc) is 3.78. The number of hydrogen-bond acceptors (Lipinski definition) is 15. The molecule has 59 heavy (non-hydrogen) atoms. The molecule has 0 radical (unpaired) electrons. The number of carbonyl (C=O) groups is 3. The number of anilines is 1. The van der Waals surface area contributed by atoms with Crippen LogP contribution in [0.25, 0.3) is 0 Å². The maximum Gasteiger partial charge on any atom is 0.416 e. The molecule has 7 rings (SSSR count). The molecule has 2 saturated heterocycles. The second-order valence-corrected chi connectivity index (χ2v) is 16.7. The van der Waals surface area contributed by atoms with Crippen molar-refractivity contribution < 1.29 is 43.2 Å². The summed E-state index contributed by atoms with van der Waals surface area (Å²) in [4.78, 5) is 64.7. The average molecular weight is 845 g/mol. The molecule has 2 aromatic carbocycles. The van der Waals surface area contributed by atoms with E-state index in [4.69, 9.17) is 23.7 Å². The molecule has 0 spiro atoms. The van der Waals surface area contributed by atoms with E-state index in [9.17, 15) is 24.4 Å². The number of pyridine rings is 1. The van der Waals surface area contributed by atoms with Crippen LogP contribution in [0.1, 0.15) is 52.8 Å². The van der Waals surface area contributed by atoms with Crippen molar-refractivity contribution >= 4 is 62.8 Å². The number of aromatic nitrogens is 1. The number of benzene rings is 2. The third-order valence-electron chi connectivity index (χ3n) is 10.2. The van der Waals surface area contributed by atoms with Gasteiger partial charge in [-0.15, -0.1) is 4.91 Å². The molecule has 5 heterocycles. The molecule has 0 aliphatic carbocycles. The number of carbonyl (C=O) groups excluding carboxylic acids is 3. The van der Waals surface area contributed by atoms with Gasteiger partial charge < -0.3 is 38.6 Å². The van der Waals surface area contributed by atoms with Crippen molar-refractivity contribution in [2.24, 2.45) is 10.2 Å². The van der Waals surface area contributed by atoms with Gasteiger partial charge in [0, 0.05) is 37.2 Å². The van der Waals surface area contributed by atoms with Crippen LogP contribution in [0.2, 0.25) is 0 Å². The fraction of sp³-hybridized carbons (Fsp3) is 0.390. The highest BCUT2D eigenvalue weighted by molar-refractivity contribution is 8.76. The van der Waals surface area contributed by atoms with Gasteiger partial charge in [-0.2, -0.15) is 0 Å². The molecule has 0 bridgehead atoms. The Labute approximate surface area is 348 Å². The maximum absolute atomic E-state index is 13.9. The van der Waals surface area contributed by atoms with Crippen LogP contribution in [0.15, 0.2) is 82.1 Å². The minimum atomic E-state index is -1.42. The number of aliphatic imine (C=N–C) groups is 1. The summed E-state index contributed by atoms with van der Waals surface area (Å²) in [6.45, 7) is 9.47. The molecule has 2 fully saturated rings. The van der Waals surface area contributed by atoms with Crippen molar-refractivity contribution in [2.45, 2.75) is 55.4 Å². The Morgan fingerprint density at radius 1 is 0.881 bits per heavy atom. The maximum atomic E-state index is 13.9. The monoisotopic (exact) mass is 844 g/mol. The van der Waals surface area contributed by atoms with Crippen LogP contribution in [0.4, 0.5) is 21.9 Å². The number of aliphatic hydroxyl groups is 1. The summed E-state index contributed by atoms with van der Waals surface area (Å²) >= 11 is 0. The highest BCUT2D eigenvalue weighted by Crippen LogP contribution is 2.43. The van der Waals surface area contributed by atoms with Crippen LogP contribution in [0, 0.1) is 4.91 Å². The van der Waals surface area contributed by atoms with E-state index >= 15 is 0 Å². The van der Waals surface area contributed by atoms with Crippen molar-refractivity contribution in [2.75, 3.05) is 57.8 Å². The number of fused-ring (bicyclic) bond motifs is 4. The SMILES string of the molecule is C=C1CC2C=Nc3cc(OCCCCCOc4cc5c(cc4OC)C(=O)N4CC(=C)C[C@H]4[C@H](O)N5C(=O)OCCSSc4ccc(N=O)cn4)c(OC)cc3C(=O)N2C1. The summed E-state index contributed by atoms with van der Waals surface area (Å²) < 4.78 is 29.1. The molecule has 4 aliphatic heterocycles. The number of hydrogen-bond donors (Lipinski definition) is 1. The van der Waals surface area contributed by atoms with Gasteiger partial charge in [0.2, 0.25) is 0 Å². The van der Waals surface area contributed by atoms with E-state index < -0.39 is 18.4 Å². The lowest BCUT2D eigenvalue weighted by atomic mass is 10.1. The third-order valence-corrected chi connectivity index (χ3v) is 12.5. The Balaban J connectivity index is 0.967.